The zero-order chi connectivity index (χ0) is 26.2. The highest BCUT2D eigenvalue weighted by Crippen LogP contribution is 2.35. The van der Waals surface area contributed by atoms with E-state index in [0.717, 1.165) is 12.1 Å². The van der Waals surface area contributed by atoms with Crippen LogP contribution < -0.4 is 10.2 Å². The number of benzene rings is 2. The van der Waals surface area contributed by atoms with E-state index < -0.39 is 17.7 Å². The van der Waals surface area contributed by atoms with E-state index in [1.807, 2.05) is 4.90 Å². The molecule has 2 aliphatic rings. The van der Waals surface area contributed by atoms with Crippen LogP contribution in [0.25, 0.3) is 0 Å². The number of alkyl halides is 3. The minimum Gasteiger partial charge on any atom is -0.370 e. The normalized spacial score (nSPS) is 17.8. The topological polar surface area (TPSA) is 82.6 Å². The van der Waals surface area contributed by atoms with Crippen molar-refractivity contribution in [3.05, 3.63) is 81.3 Å². The molecule has 3 aromatic rings. The predicted octanol–water partition coefficient (Wildman–Crippen LogP) is 4.49. The lowest BCUT2D eigenvalue weighted by Gasteiger charge is -2.34. The van der Waals surface area contributed by atoms with Crippen molar-refractivity contribution >= 4 is 34.7 Å². The first-order valence-electron chi connectivity index (χ1n) is 11.8. The molecule has 0 aliphatic carbocycles. The van der Waals surface area contributed by atoms with Gasteiger partial charge in [0.05, 0.1) is 34.8 Å². The van der Waals surface area contributed by atoms with Crippen LogP contribution in [0.1, 0.15) is 49.7 Å². The number of nitrogens with one attached hydrogen (secondary N) is 1. The number of carbonyl (C=O) groups excluding carboxylic acids is 3. The van der Waals surface area contributed by atoms with E-state index >= 15 is 0 Å². The lowest BCUT2D eigenvalue weighted by molar-refractivity contribution is -0.137. The second-order valence-corrected chi connectivity index (χ2v) is 10.0. The smallest absolute Gasteiger partial charge is 0.370 e. The Hall–Kier alpha value is -3.73. The molecular weight excluding hydrogens is 505 g/mol. The number of nitrogens with zero attached hydrogens (tertiary/aromatic N) is 3. The van der Waals surface area contributed by atoms with Gasteiger partial charge in [0.25, 0.3) is 11.8 Å². The summed E-state index contributed by atoms with van der Waals surface area (Å²) in [6, 6.07) is 10.0. The molecule has 0 saturated carbocycles. The Balaban J connectivity index is 1.28. The summed E-state index contributed by atoms with van der Waals surface area (Å²) in [5.74, 6) is -1.43. The van der Waals surface area contributed by atoms with E-state index in [1.54, 1.807) is 29.8 Å². The maximum Gasteiger partial charge on any atom is 0.416 e. The zero-order valence-corrected chi connectivity index (χ0v) is 20.4. The van der Waals surface area contributed by atoms with Crippen molar-refractivity contribution in [3.63, 3.8) is 0 Å². The average Bonchev–Trinajstić information content (AvgIpc) is 3.50. The minimum absolute atomic E-state index is 0.0152. The lowest BCUT2D eigenvalue weighted by Crippen LogP contribution is -2.43. The van der Waals surface area contributed by atoms with Crippen LogP contribution in [0, 0.1) is 5.92 Å². The van der Waals surface area contributed by atoms with Gasteiger partial charge in [-0.25, -0.2) is 4.98 Å². The molecular formula is C26H23F3N4O3S. The molecule has 37 heavy (non-hydrogen) atoms. The van der Waals surface area contributed by atoms with Crippen molar-refractivity contribution in [1.29, 1.82) is 0 Å². The summed E-state index contributed by atoms with van der Waals surface area (Å²) in [5.41, 5.74) is 0.863. The van der Waals surface area contributed by atoms with E-state index in [-0.39, 0.29) is 30.8 Å². The SMILES string of the molecule is O=C(NCc1cccc(C(F)(F)F)c1)[C@@H]1CCCN(c2cccc3c2C(=O)N(Cc2nccs2)C3=O)C1. The van der Waals surface area contributed by atoms with Gasteiger partial charge in [0.1, 0.15) is 5.01 Å². The molecule has 1 atom stereocenters. The Morgan fingerprint density at radius 3 is 2.70 bits per heavy atom. The van der Waals surface area contributed by atoms with Gasteiger partial charge in [-0.3, -0.25) is 19.3 Å². The molecule has 0 spiro atoms. The first-order chi connectivity index (χ1) is 17.7. The summed E-state index contributed by atoms with van der Waals surface area (Å²) in [7, 11) is 0. The fourth-order valence-corrected chi connectivity index (χ4v) is 5.39. The largest absolute Gasteiger partial charge is 0.416 e. The van der Waals surface area contributed by atoms with Crippen LogP contribution in [0.3, 0.4) is 0 Å². The molecule has 11 heteroatoms. The van der Waals surface area contributed by atoms with Crippen LogP contribution in [0.5, 0.6) is 0 Å². The van der Waals surface area contributed by atoms with Crippen molar-refractivity contribution < 1.29 is 27.6 Å². The molecule has 3 heterocycles. The third-order valence-electron chi connectivity index (χ3n) is 6.61. The van der Waals surface area contributed by atoms with Gasteiger partial charge in [-0.2, -0.15) is 13.2 Å². The van der Waals surface area contributed by atoms with Gasteiger partial charge in [0.2, 0.25) is 5.91 Å². The van der Waals surface area contributed by atoms with Crippen molar-refractivity contribution in [2.75, 3.05) is 18.0 Å². The molecule has 2 aromatic carbocycles. The minimum atomic E-state index is -4.45. The highest BCUT2D eigenvalue weighted by Gasteiger charge is 2.39. The molecule has 1 saturated heterocycles. The fourth-order valence-electron chi connectivity index (χ4n) is 4.79. The highest BCUT2D eigenvalue weighted by atomic mass is 32.1. The molecule has 0 radical (unpaired) electrons. The number of halogens is 3. The van der Waals surface area contributed by atoms with Crippen molar-refractivity contribution in [2.24, 2.45) is 5.92 Å². The standard InChI is InChI=1S/C26H23F3N4O3S/c27-26(28,29)18-6-1-4-16(12-18)13-31-23(34)17-5-3-10-32(14-17)20-8-2-7-19-22(20)25(36)33(24(19)35)15-21-30-9-11-37-21/h1-2,4,6-9,11-12,17H,3,5,10,13-15H2,(H,31,34)/t17-/m1/s1. The number of imide groups is 1. The van der Waals surface area contributed by atoms with Crippen LogP contribution in [-0.2, 0) is 24.1 Å². The molecule has 0 bridgehead atoms. The van der Waals surface area contributed by atoms with Gasteiger partial charge < -0.3 is 10.2 Å². The van der Waals surface area contributed by atoms with Gasteiger partial charge in [0, 0.05) is 31.2 Å². The van der Waals surface area contributed by atoms with Crippen LogP contribution in [0.4, 0.5) is 18.9 Å². The van der Waals surface area contributed by atoms with Crippen molar-refractivity contribution in [2.45, 2.75) is 32.1 Å². The first-order valence-corrected chi connectivity index (χ1v) is 12.7. The van der Waals surface area contributed by atoms with Gasteiger partial charge >= 0.3 is 6.18 Å². The summed E-state index contributed by atoms with van der Waals surface area (Å²) in [4.78, 5) is 46.5. The van der Waals surface area contributed by atoms with E-state index in [4.69, 9.17) is 0 Å². The molecule has 7 nitrogen and oxygen atoms in total. The second-order valence-electron chi connectivity index (χ2n) is 9.02. The Kier molecular flexibility index (Phi) is 6.72. The molecule has 1 aromatic heterocycles. The maximum atomic E-state index is 13.3. The summed E-state index contributed by atoms with van der Waals surface area (Å²) >= 11 is 1.37. The van der Waals surface area contributed by atoms with Crippen molar-refractivity contribution in [3.8, 4) is 0 Å². The Morgan fingerprint density at radius 2 is 1.95 bits per heavy atom. The molecule has 1 fully saturated rings. The van der Waals surface area contributed by atoms with E-state index in [0.29, 0.717) is 53.3 Å². The molecule has 1 N–H and O–H groups in total. The second kappa shape index (κ2) is 9.97. The Bertz CT molecular complexity index is 1340. The number of hydrogen-bond donors (Lipinski definition) is 1. The fraction of sp³-hybridized carbons (Fsp3) is 0.308. The number of carbonyl (C=O) groups is 3. The molecule has 2 aliphatic heterocycles. The third kappa shape index (κ3) is 5.08. The van der Waals surface area contributed by atoms with Crippen LogP contribution in [0.2, 0.25) is 0 Å². The van der Waals surface area contributed by atoms with Crippen molar-refractivity contribution in [1.82, 2.24) is 15.2 Å². The van der Waals surface area contributed by atoms with Gasteiger partial charge in [-0.1, -0.05) is 18.2 Å². The molecule has 192 valence electrons. The summed E-state index contributed by atoms with van der Waals surface area (Å²) < 4.78 is 38.9. The van der Waals surface area contributed by atoms with E-state index in [1.165, 1.54) is 28.4 Å². The highest BCUT2D eigenvalue weighted by molar-refractivity contribution is 7.09. The Morgan fingerprint density at radius 1 is 1.14 bits per heavy atom. The monoisotopic (exact) mass is 528 g/mol. The molecule has 3 amide bonds. The summed E-state index contributed by atoms with van der Waals surface area (Å²) in [6.07, 6.45) is -1.52. The zero-order valence-electron chi connectivity index (χ0n) is 19.6. The number of anilines is 1. The molecule has 0 unspecified atom stereocenters. The molecule has 5 rings (SSSR count). The quantitative estimate of drug-likeness (QED) is 0.477. The average molecular weight is 529 g/mol. The van der Waals surface area contributed by atoms with Gasteiger partial charge in [0.15, 0.2) is 0 Å². The number of piperidine rings is 1. The Labute approximate surface area is 214 Å². The summed E-state index contributed by atoms with van der Waals surface area (Å²) in [6.45, 7) is 1.03. The van der Waals surface area contributed by atoms with Crippen LogP contribution >= 0.6 is 11.3 Å². The maximum absolute atomic E-state index is 13.3. The van der Waals surface area contributed by atoms with Gasteiger partial charge in [-0.15, -0.1) is 11.3 Å². The number of hydrogen-bond acceptors (Lipinski definition) is 6. The number of rotatable bonds is 6. The van der Waals surface area contributed by atoms with Crippen LogP contribution in [-0.4, -0.2) is 40.7 Å². The number of fused-ring (bicyclic) bond motifs is 1. The predicted molar refractivity (Wildman–Crippen MR) is 131 cm³/mol. The number of aromatic nitrogens is 1. The number of amides is 3. The van der Waals surface area contributed by atoms with Gasteiger partial charge in [-0.05, 0) is 42.7 Å². The lowest BCUT2D eigenvalue weighted by atomic mass is 9.95. The third-order valence-corrected chi connectivity index (χ3v) is 7.37. The van der Waals surface area contributed by atoms with E-state index in [2.05, 4.69) is 10.3 Å². The first kappa shape index (κ1) is 24.9. The number of thiazole rings is 1. The summed E-state index contributed by atoms with van der Waals surface area (Å²) in [5, 5.41) is 5.19. The van der Waals surface area contributed by atoms with Crippen LogP contribution in [0.15, 0.2) is 54.0 Å². The van der Waals surface area contributed by atoms with E-state index in [9.17, 15) is 27.6 Å².